The van der Waals surface area contributed by atoms with Crippen molar-refractivity contribution >= 4 is 39.9 Å². The van der Waals surface area contributed by atoms with Gasteiger partial charge < -0.3 is 14.6 Å². The Balaban J connectivity index is 1.89. The Labute approximate surface area is 206 Å². The highest BCUT2D eigenvalue weighted by Crippen LogP contribution is 2.44. The van der Waals surface area contributed by atoms with Gasteiger partial charge in [0.05, 0.1) is 31.0 Å². The maximum atomic E-state index is 13.3. The number of carbonyl (C=O) groups is 3. The average molecular weight is 493 g/mol. The van der Waals surface area contributed by atoms with Gasteiger partial charge in [0.1, 0.15) is 16.4 Å². The first-order chi connectivity index (χ1) is 16.8. The molecule has 2 heterocycles. The summed E-state index contributed by atoms with van der Waals surface area (Å²) in [6.07, 6.45) is 0. The Bertz CT molecular complexity index is 1320. The van der Waals surface area contributed by atoms with Gasteiger partial charge in [0, 0.05) is 5.56 Å². The topological polar surface area (TPSA) is 106 Å². The first-order valence-electron chi connectivity index (χ1n) is 10.9. The van der Waals surface area contributed by atoms with Crippen LogP contribution in [-0.2, 0) is 14.3 Å². The van der Waals surface area contributed by atoms with Crippen molar-refractivity contribution in [1.29, 1.82) is 0 Å². The third-order valence-corrected chi connectivity index (χ3v) is 6.78. The minimum absolute atomic E-state index is 0.0597. The molecule has 180 valence electrons. The van der Waals surface area contributed by atoms with Crippen LogP contribution in [0.15, 0.2) is 54.1 Å². The molecule has 1 saturated heterocycles. The van der Waals surface area contributed by atoms with E-state index in [9.17, 15) is 19.5 Å². The zero-order valence-electron chi connectivity index (χ0n) is 19.7. The number of ether oxygens (including phenoxy) is 2. The van der Waals surface area contributed by atoms with Gasteiger partial charge in [-0.2, -0.15) is 0 Å². The zero-order chi connectivity index (χ0) is 25.3. The summed E-state index contributed by atoms with van der Waals surface area (Å²) in [7, 11) is 1.26. The van der Waals surface area contributed by atoms with Crippen LogP contribution in [0.2, 0.25) is 0 Å². The predicted octanol–water partition coefficient (Wildman–Crippen LogP) is 4.57. The van der Waals surface area contributed by atoms with Crippen molar-refractivity contribution in [2.24, 2.45) is 0 Å². The SMILES string of the molecule is CCOc1ccc(/C(O)=C2\C(=O)C(=O)N(c3nc(C)c(C(=O)OC)s3)[C@@H]2c2ccc(C)cc2)cc1. The molecule has 4 rings (SSSR count). The fourth-order valence-corrected chi connectivity index (χ4v) is 4.90. The highest BCUT2D eigenvalue weighted by molar-refractivity contribution is 7.17. The molecule has 0 spiro atoms. The van der Waals surface area contributed by atoms with Crippen LogP contribution in [0.25, 0.3) is 5.76 Å². The number of amides is 1. The Morgan fingerprint density at radius 1 is 1.09 bits per heavy atom. The average Bonchev–Trinajstić information content (AvgIpc) is 3.36. The lowest BCUT2D eigenvalue weighted by molar-refractivity contribution is -0.132. The van der Waals surface area contributed by atoms with Crippen molar-refractivity contribution in [2.45, 2.75) is 26.8 Å². The van der Waals surface area contributed by atoms with Crippen molar-refractivity contribution in [3.8, 4) is 5.75 Å². The van der Waals surface area contributed by atoms with E-state index in [0.29, 0.717) is 29.2 Å². The molecule has 1 amide bonds. The zero-order valence-corrected chi connectivity index (χ0v) is 20.5. The molecule has 0 bridgehead atoms. The van der Waals surface area contributed by atoms with E-state index in [1.807, 2.05) is 26.0 Å². The van der Waals surface area contributed by atoms with Crippen molar-refractivity contribution in [3.63, 3.8) is 0 Å². The Hall–Kier alpha value is -3.98. The number of methoxy groups -OCH3 is 1. The number of rotatable bonds is 6. The molecule has 1 atom stereocenters. The molecule has 1 aliphatic heterocycles. The van der Waals surface area contributed by atoms with Gasteiger partial charge >= 0.3 is 11.9 Å². The maximum Gasteiger partial charge on any atom is 0.350 e. The molecule has 0 saturated carbocycles. The smallest absolute Gasteiger partial charge is 0.350 e. The number of aliphatic hydroxyl groups excluding tert-OH is 1. The second kappa shape index (κ2) is 9.71. The number of ketones is 1. The molecule has 0 radical (unpaired) electrons. The highest BCUT2D eigenvalue weighted by atomic mass is 32.1. The minimum atomic E-state index is -0.932. The molecule has 1 N–H and O–H groups in total. The van der Waals surface area contributed by atoms with Gasteiger partial charge in [-0.15, -0.1) is 0 Å². The molecule has 2 aromatic carbocycles. The number of hydrogen-bond donors (Lipinski definition) is 1. The molecule has 35 heavy (non-hydrogen) atoms. The fourth-order valence-electron chi connectivity index (χ4n) is 3.89. The van der Waals surface area contributed by atoms with Crippen molar-refractivity contribution in [3.05, 3.63) is 81.4 Å². The number of carbonyl (C=O) groups excluding carboxylic acids is 3. The van der Waals surface area contributed by atoms with Gasteiger partial charge in [-0.25, -0.2) is 9.78 Å². The molecule has 9 heteroatoms. The number of aliphatic hydroxyl groups is 1. The third-order valence-electron chi connectivity index (χ3n) is 5.64. The summed E-state index contributed by atoms with van der Waals surface area (Å²) in [6.45, 7) is 5.91. The van der Waals surface area contributed by atoms with E-state index in [4.69, 9.17) is 9.47 Å². The van der Waals surface area contributed by atoms with Gasteiger partial charge in [-0.1, -0.05) is 41.2 Å². The highest BCUT2D eigenvalue weighted by Gasteiger charge is 2.48. The molecular weight excluding hydrogens is 468 g/mol. The van der Waals surface area contributed by atoms with E-state index < -0.39 is 23.7 Å². The number of Topliss-reactive ketones (excluding diaryl/α,β-unsaturated/α-hetero) is 1. The Kier molecular flexibility index (Phi) is 6.70. The van der Waals surface area contributed by atoms with Crippen molar-refractivity contribution in [1.82, 2.24) is 4.98 Å². The lowest BCUT2D eigenvalue weighted by atomic mass is 9.95. The molecule has 1 aromatic heterocycles. The summed E-state index contributed by atoms with van der Waals surface area (Å²) in [4.78, 5) is 44.5. The first-order valence-corrected chi connectivity index (χ1v) is 11.7. The second-order valence-corrected chi connectivity index (χ2v) is 8.92. The largest absolute Gasteiger partial charge is 0.507 e. The number of thiazole rings is 1. The van der Waals surface area contributed by atoms with Crippen LogP contribution in [0.1, 0.15) is 45.0 Å². The number of anilines is 1. The van der Waals surface area contributed by atoms with Crippen LogP contribution in [0.4, 0.5) is 5.13 Å². The van der Waals surface area contributed by atoms with Crippen LogP contribution in [0, 0.1) is 13.8 Å². The van der Waals surface area contributed by atoms with Crippen LogP contribution >= 0.6 is 11.3 Å². The molecule has 8 nitrogen and oxygen atoms in total. The molecule has 1 fully saturated rings. The van der Waals surface area contributed by atoms with E-state index in [-0.39, 0.29) is 21.3 Å². The minimum Gasteiger partial charge on any atom is -0.507 e. The second-order valence-electron chi connectivity index (χ2n) is 7.94. The molecule has 3 aromatic rings. The van der Waals surface area contributed by atoms with Gasteiger partial charge in [-0.05, 0) is 50.6 Å². The summed E-state index contributed by atoms with van der Waals surface area (Å²) >= 11 is 0.960. The molecule has 0 unspecified atom stereocenters. The van der Waals surface area contributed by atoms with Crippen molar-refractivity contribution in [2.75, 3.05) is 18.6 Å². The predicted molar refractivity (Wildman–Crippen MR) is 132 cm³/mol. The maximum absolute atomic E-state index is 13.3. The van der Waals surface area contributed by atoms with E-state index in [1.54, 1.807) is 43.3 Å². The van der Waals surface area contributed by atoms with Crippen molar-refractivity contribution < 1.29 is 29.0 Å². The van der Waals surface area contributed by atoms with E-state index in [0.717, 1.165) is 16.9 Å². The van der Waals surface area contributed by atoms with Gasteiger partial charge in [0.15, 0.2) is 5.13 Å². The normalized spacial score (nSPS) is 17.0. The molecule has 1 aliphatic rings. The summed E-state index contributed by atoms with van der Waals surface area (Å²) in [5.74, 6) is -1.94. The van der Waals surface area contributed by atoms with Crippen LogP contribution in [0.3, 0.4) is 0 Å². The van der Waals surface area contributed by atoms with Gasteiger partial charge in [-0.3, -0.25) is 14.5 Å². The standard InChI is InChI=1S/C26H24N2O6S/c1-5-34-18-12-10-17(11-13-18)21(29)19-20(16-8-6-14(2)7-9-16)28(24(31)22(19)30)26-27-15(3)23(35-26)25(32)33-4/h6-13,20,29H,5H2,1-4H3/b21-19+/t20-/m1/s1. The van der Waals surface area contributed by atoms with Crippen LogP contribution in [-0.4, -0.2) is 41.5 Å². The quantitative estimate of drug-likeness (QED) is 0.232. The van der Waals surface area contributed by atoms with Crippen LogP contribution in [0.5, 0.6) is 5.75 Å². The third kappa shape index (κ3) is 4.42. The molecule has 0 aliphatic carbocycles. The summed E-state index contributed by atoms with van der Waals surface area (Å²) in [6, 6.07) is 13.0. The first kappa shape index (κ1) is 24.2. The lowest BCUT2D eigenvalue weighted by Gasteiger charge is -2.23. The summed E-state index contributed by atoms with van der Waals surface area (Å²) in [5, 5.41) is 11.4. The number of benzene rings is 2. The van der Waals surface area contributed by atoms with E-state index in [2.05, 4.69) is 4.98 Å². The monoisotopic (exact) mass is 492 g/mol. The Morgan fingerprint density at radius 2 is 1.74 bits per heavy atom. The van der Waals surface area contributed by atoms with E-state index >= 15 is 0 Å². The number of aryl methyl sites for hydroxylation is 2. The lowest BCUT2D eigenvalue weighted by Crippen LogP contribution is -2.29. The van der Waals surface area contributed by atoms with E-state index in [1.165, 1.54) is 12.0 Å². The van der Waals surface area contributed by atoms with Gasteiger partial charge in [0.2, 0.25) is 0 Å². The number of hydrogen-bond acceptors (Lipinski definition) is 8. The number of nitrogens with zero attached hydrogens (tertiary/aromatic N) is 2. The summed E-state index contributed by atoms with van der Waals surface area (Å²) < 4.78 is 10.3. The number of aromatic nitrogens is 1. The fraction of sp³-hybridized carbons (Fsp3) is 0.231. The van der Waals surface area contributed by atoms with Gasteiger partial charge in [0.25, 0.3) is 5.78 Å². The molecular formula is C26H24N2O6S. The number of esters is 1. The Morgan fingerprint density at radius 3 is 2.34 bits per heavy atom. The van der Waals surface area contributed by atoms with Crippen LogP contribution < -0.4 is 9.64 Å². The summed E-state index contributed by atoms with van der Waals surface area (Å²) in [5.41, 5.74) is 2.31.